The van der Waals surface area contributed by atoms with Crippen LogP contribution in [0.3, 0.4) is 0 Å². The first-order valence-electron chi connectivity index (χ1n) is 32.7. The van der Waals surface area contributed by atoms with Gasteiger partial charge in [0.05, 0.1) is 87.0 Å². The lowest BCUT2D eigenvalue weighted by Gasteiger charge is -2.30. The molecule has 6 heterocycles. The van der Waals surface area contributed by atoms with Crippen molar-refractivity contribution in [1.82, 2.24) is 4.57 Å². The van der Waals surface area contributed by atoms with Gasteiger partial charge in [-0.2, -0.15) is 0 Å². The minimum atomic E-state index is -3.69. The van der Waals surface area contributed by atoms with Gasteiger partial charge in [-0.3, -0.25) is 19.2 Å². The number of carbonyl (C=O) groups is 3. The predicted octanol–water partition coefficient (Wildman–Crippen LogP) is 13.6. The molecule has 102 heavy (non-hydrogen) atoms. The van der Waals surface area contributed by atoms with E-state index in [-0.39, 0.29) is 65.7 Å². The molecule has 0 fully saturated rings. The van der Waals surface area contributed by atoms with E-state index >= 15 is 0 Å². The summed E-state index contributed by atoms with van der Waals surface area (Å²) >= 11 is 0. The molecule has 5 N–H and O–H groups in total. The summed E-state index contributed by atoms with van der Waals surface area (Å²) in [6, 6.07) is 42.3. The molecule has 3 atom stereocenters. The topological polar surface area (TPSA) is 265 Å². The number of aryl methyl sites for hydroxylation is 1. The Balaban J connectivity index is 0.000000144. The standard InChI is InChI=1S/C20H23NO5.C19H21NO5.C19H17NO4.C17H13F2NO4.C2H7N/c1-5-26-15-9-7-6-8-12(15)13-10-17(22)21-14-11-16(23-2)19(24-3)20(25-4)18(13)14;1-22-14-8-6-5-7-11(14)12-9-16(21)20-13-10-15(23-2)18(24-3)19(25-4)17(12)13;1-3-22-16-7-5-4-6-12(16)13-9-19(21)20(2)15-10-18-17(8-14(13)15)23-11-24-18;1-22-10-4-2-9(3-5-10)11-7-16(21)20-13-8-15-14(6-12(11)13)23-17(18,19)24-15;1-2-3/h6-9,11,13H,5,10H2,1-4H3,(H,21,22);5-8,10,12H,9H2,1-4H3,(H,20,21);4-10H,3,11H2,1-2H3;2-6,8,11H,7H2,1H3,(H,20,21);2-3H2,1H3. The number of ether oxygens (including phenoxy) is 14. The molecule has 14 rings (SSSR count). The van der Waals surface area contributed by atoms with Crippen molar-refractivity contribution in [2.75, 3.05) is 99.4 Å². The highest BCUT2D eigenvalue weighted by Gasteiger charge is 2.45. The average Bonchev–Trinajstić information content (AvgIpc) is 0.786. The number of nitrogens with zero attached hydrogens (tertiary/aromatic N) is 1. The van der Waals surface area contributed by atoms with Crippen molar-refractivity contribution in [3.8, 4) is 91.6 Å². The Kier molecular flexibility index (Phi) is 23.4. The molecular formula is C77H81F2N5O18. The Morgan fingerprint density at radius 3 is 1.45 bits per heavy atom. The average molecular weight is 1400 g/mol. The molecule has 9 aromatic rings. The summed E-state index contributed by atoms with van der Waals surface area (Å²) in [7, 11) is 14.3. The molecule has 0 spiro atoms. The van der Waals surface area contributed by atoms with E-state index in [1.54, 1.807) is 98.8 Å². The molecule has 3 amide bonds. The number of alkyl halides is 2. The number of hydrogen-bond donors (Lipinski definition) is 4. The number of nitrogens with one attached hydrogen (secondary N) is 3. The molecular weight excluding hydrogens is 1320 g/mol. The van der Waals surface area contributed by atoms with E-state index in [0.717, 1.165) is 73.6 Å². The predicted molar refractivity (Wildman–Crippen MR) is 380 cm³/mol. The fourth-order valence-electron chi connectivity index (χ4n) is 12.8. The van der Waals surface area contributed by atoms with Crippen LogP contribution in [0.25, 0.3) is 22.0 Å². The third-order valence-electron chi connectivity index (χ3n) is 17.2. The van der Waals surface area contributed by atoms with Crippen molar-refractivity contribution in [2.45, 2.75) is 64.1 Å². The Morgan fingerprint density at radius 2 is 0.931 bits per heavy atom. The molecule has 0 radical (unpaired) electrons. The van der Waals surface area contributed by atoms with Crippen molar-refractivity contribution >= 4 is 45.7 Å². The first-order valence-corrected chi connectivity index (χ1v) is 32.7. The summed E-state index contributed by atoms with van der Waals surface area (Å²) < 4.78 is 103. The zero-order valence-electron chi connectivity index (χ0n) is 58.6. The molecule has 3 unspecified atom stereocenters. The molecule has 25 heteroatoms. The Bertz CT molecular complexity index is 4610. The number of anilines is 3. The number of fused-ring (bicyclic) bond motifs is 6. The molecule has 0 saturated carbocycles. The lowest BCUT2D eigenvalue weighted by molar-refractivity contribution is -0.286. The Labute approximate surface area is 588 Å². The third kappa shape index (κ3) is 15.4. The largest absolute Gasteiger partial charge is 0.586 e. The van der Waals surface area contributed by atoms with Gasteiger partial charge < -0.3 is 92.6 Å². The maximum absolute atomic E-state index is 13.3. The summed E-state index contributed by atoms with van der Waals surface area (Å²) in [5, 5.41) is 9.44. The van der Waals surface area contributed by atoms with E-state index in [4.69, 9.17) is 62.6 Å². The van der Waals surface area contributed by atoms with Crippen molar-refractivity contribution in [3.05, 3.63) is 183 Å². The van der Waals surface area contributed by atoms with Crippen LogP contribution in [0.5, 0.6) is 80.5 Å². The van der Waals surface area contributed by atoms with Gasteiger partial charge in [0.1, 0.15) is 23.0 Å². The van der Waals surface area contributed by atoms with Gasteiger partial charge in [0.15, 0.2) is 46.0 Å². The van der Waals surface area contributed by atoms with Gasteiger partial charge >= 0.3 is 6.29 Å². The molecule has 536 valence electrons. The number of pyridine rings is 1. The van der Waals surface area contributed by atoms with Crippen LogP contribution < -0.4 is 93.6 Å². The van der Waals surface area contributed by atoms with E-state index in [0.29, 0.717) is 100 Å². The zero-order chi connectivity index (χ0) is 72.9. The second-order valence-electron chi connectivity index (χ2n) is 23.2. The molecule has 0 saturated heterocycles. The molecule has 23 nitrogen and oxygen atoms in total. The highest BCUT2D eigenvalue weighted by Crippen LogP contribution is 2.55. The number of hydrogen-bond acceptors (Lipinski definition) is 19. The van der Waals surface area contributed by atoms with Crippen LogP contribution in [0.15, 0.2) is 144 Å². The molecule has 0 bridgehead atoms. The van der Waals surface area contributed by atoms with Crippen LogP contribution >= 0.6 is 0 Å². The number of para-hydroxylation sites is 3. The first-order chi connectivity index (χ1) is 49.3. The highest BCUT2D eigenvalue weighted by molar-refractivity contribution is 6.00. The monoisotopic (exact) mass is 1400 g/mol. The number of nitrogens with two attached hydrogens (primary N) is 1. The number of rotatable bonds is 16. The fourth-order valence-corrected chi connectivity index (χ4v) is 12.8. The maximum Gasteiger partial charge on any atom is 0.586 e. The molecule has 1 aromatic heterocycles. The summed E-state index contributed by atoms with van der Waals surface area (Å²) in [5.74, 6) is 6.27. The summed E-state index contributed by atoms with van der Waals surface area (Å²) in [6.45, 7) is 7.84. The number of halogens is 2. The minimum absolute atomic E-state index is 0.0339. The molecule has 5 aliphatic heterocycles. The second-order valence-corrected chi connectivity index (χ2v) is 23.2. The summed E-state index contributed by atoms with van der Waals surface area (Å²) in [4.78, 5) is 49.1. The smallest absolute Gasteiger partial charge is 0.497 e. The number of amides is 3. The lowest BCUT2D eigenvalue weighted by Crippen LogP contribution is -2.25. The van der Waals surface area contributed by atoms with Gasteiger partial charge in [-0.25, -0.2) is 0 Å². The van der Waals surface area contributed by atoms with Gasteiger partial charge in [0.25, 0.3) is 5.56 Å². The molecule has 0 aliphatic carbocycles. The van der Waals surface area contributed by atoms with Gasteiger partial charge in [-0.1, -0.05) is 73.7 Å². The number of benzene rings is 8. The normalized spacial score (nSPS) is 15.8. The maximum atomic E-state index is 13.3. The quantitative estimate of drug-likeness (QED) is 0.0700. The molecule has 5 aliphatic rings. The SMILES string of the molecule is CCN.CCOc1ccccc1-c1cc(=O)n(C)c2cc3c(cc12)OCO3.CCOc1ccccc1C1CC(=O)Nc2cc(OC)c(OC)c(OC)c21.COc1ccc(C2CC(=O)Nc3cc4c(cc32)OC(F)(F)O4)cc1.COc1ccccc1C1CC(=O)Nc2cc(OC)c(OC)c(OC)c21. The lowest BCUT2D eigenvalue weighted by atomic mass is 9.83. The summed E-state index contributed by atoms with van der Waals surface area (Å²) in [6.07, 6.45) is -2.89. The second kappa shape index (κ2) is 32.6. The van der Waals surface area contributed by atoms with Crippen LogP contribution in [-0.4, -0.2) is 112 Å². The Morgan fingerprint density at radius 1 is 0.471 bits per heavy atom. The number of aromatic nitrogens is 1. The fraction of sp³-hybridized carbons (Fsp3) is 0.299. The van der Waals surface area contributed by atoms with Gasteiger partial charge in [0.2, 0.25) is 36.0 Å². The van der Waals surface area contributed by atoms with Crippen LogP contribution in [0.4, 0.5) is 25.8 Å². The van der Waals surface area contributed by atoms with Crippen LogP contribution in [0, 0.1) is 0 Å². The van der Waals surface area contributed by atoms with Crippen LogP contribution in [-0.2, 0) is 21.4 Å². The van der Waals surface area contributed by atoms with Crippen molar-refractivity contribution < 1.29 is 89.5 Å². The van der Waals surface area contributed by atoms with E-state index in [1.165, 1.54) is 12.1 Å². The van der Waals surface area contributed by atoms with Crippen LogP contribution in [0.1, 0.15) is 91.2 Å². The Hall–Kier alpha value is -11.6. The van der Waals surface area contributed by atoms with E-state index in [9.17, 15) is 28.0 Å². The third-order valence-corrected chi connectivity index (χ3v) is 17.2. The molecule has 8 aromatic carbocycles. The van der Waals surface area contributed by atoms with Gasteiger partial charge in [0, 0.05) is 119 Å². The number of methoxy groups -OCH3 is 8. The van der Waals surface area contributed by atoms with E-state index in [2.05, 4.69) is 25.4 Å². The zero-order valence-corrected chi connectivity index (χ0v) is 58.6. The van der Waals surface area contributed by atoms with E-state index < -0.39 is 6.29 Å². The van der Waals surface area contributed by atoms with Gasteiger partial charge in [-0.05, 0) is 74.0 Å². The van der Waals surface area contributed by atoms with Gasteiger partial charge in [-0.15, -0.1) is 8.78 Å². The van der Waals surface area contributed by atoms with Crippen molar-refractivity contribution in [2.24, 2.45) is 12.8 Å². The van der Waals surface area contributed by atoms with Crippen molar-refractivity contribution in [1.29, 1.82) is 0 Å². The van der Waals surface area contributed by atoms with E-state index in [1.807, 2.05) is 118 Å². The minimum Gasteiger partial charge on any atom is -0.497 e. The number of carbonyl (C=O) groups excluding carboxylic acids is 3. The highest BCUT2D eigenvalue weighted by atomic mass is 19.3. The first kappa shape index (κ1) is 73.1. The van der Waals surface area contributed by atoms with Crippen LogP contribution in [0.2, 0.25) is 0 Å². The summed E-state index contributed by atoms with van der Waals surface area (Å²) in [5.41, 5.74) is 14.2. The van der Waals surface area contributed by atoms with Crippen molar-refractivity contribution in [3.63, 3.8) is 0 Å².